The van der Waals surface area contributed by atoms with Crippen molar-refractivity contribution < 1.29 is 9.53 Å². The van der Waals surface area contributed by atoms with E-state index in [1.165, 1.54) is 18.9 Å². The molecule has 7 nitrogen and oxygen atoms in total. The van der Waals surface area contributed by atoms with Gasteiger partial charge in [-0.3, -0.25) is 0 Å². The van der Waals surface area contributed by atoms with Crippen molar-refractivity contribution in [3.05, 3.63) is 11.5 Å². The molecule has 0 saturated carbocycles. The smallest absolute Gasteiger partial charge is 0.376 e. The maximum absolute atomic E-state index is 11.7. The minimum Gasteiger partial charge on any atom is -0.463 e. The van der Waals surface area contributed by atoms with Gasteiger partial charge in [-0.25, -0.2) is 19.4 Å². The molecular weight excluding hydrogens is 290 g/mol. The van der Waals surface area contributed by atoms with Crippen molar-refractivity contribution in [1.82, 2.24) is 24.6 Å². The lowest BCUT2D eigenvalue weighted by atomic mass is 10.3. The Balaban J connectivity index is 2.58. The van der Waals surface area contributed by atoms with Crippen molar-refractivity contribution in [3.8, 4) is 0 Å². The first kappa shape index (κ1) is 15.7. The van der Waals surface area contributed by atoms with Crippen molar-refractivity contribution in [2.45, 2.75) is 18.5 Å². The van der Waals surface area contributed by atoms with E-state index in [0.717, 1.165) is 22.7 Å². The molecular formula is C13H19N5O2S. The molecule has 0 aliphatic carbocycles. The molecule has 0 spiro atoms. The number of nitrogens with zero attached hydrogens (tertiary/aromatic N) is 5. The van der Waals surface area contributed by atoms with Gasteiger partial charge in [0.2, 0.25) is 5.82 Å². The molecule has 0 atom stereocenters. The number of thioether (sulfide) groups is 1. The zero-order valence-electron chi connectivity index (χ0n) is 12.9. The highest BCUT2D eigenvalue weighted by Crippen LogP contribution is 2.26. The first-order valence-electron chi connectivity index (χ1n) is 6.50. The Labute approximate surface area is 127 Å². The summed E-state index contributed by atoms with van der Waals surface area (Å²) in [5.74, 6) is -0.467. The Hall–Kier alpha value is -1.67. The second-order valence-electron chi connectivity index (χ2n) is 4.86. The van der Waals surface area contributed by atoms with E-state index in [0.29, 0.717) is 12.2 Å². The SMILES string of the molecule is COC(=O)c1nc(SC)c2c(C)nn(CCN(C)C)c2n1. The highest BCUT2D eigenvalue weighted by Gasteiger charge is 2.19. The third-order valence-corrected chi connectivity index (χ3v) is 3.74. The largest absolute Gasteiger partial charge is 0.463 e. The highest BCUT2D eigenvalue weighted by molar-refractivity contribution is 7.98. The minimum absolute atomic E-state index is 0.0698. The van der Waals surface area contributed by atoms with Gasteiger partial charge < -0.3 is 9.64 Å². The molecule has 8 heteroatoms. The lowest BCUT2D eigenvalue weighted by Gasteiger charge is -2.10. The summed E-state index contributed by atoms with van der Waals surface area (Å²) in [4.78, 5) is 22.4. The predicted octanol–water partition coefficient (Wildman–Crippen LogP) is 1.20. The molecule has 0 amide bonds. The molecule has 0 saturated heterocycles. The van der Waals surface area contributed by atoms with Crippen molar-refractivity contribution in [2.75, 3.05) is 34.0 Å². The van der Waals surface area contributed by atoms with Crippen molar-refractivity contribution >= 4 is 28.8 Å². The van der Waals surface area contributed by atoms with Gasteiger partial charge in [-0.15, -0.1) is 11.8 Å². The number of methoxy groups -OCH3 is 1. The van der Waals surface area contributed by atoms with Gasteiger partial charge in [-0.05, 0) is 27.3 Å². The van der Waals surface area contributed by atoms with E-state index < -0.39 is 5.97 Å². The summed E-state index contributed by atoms with van der Waals surface area (Å²) in [5.41, 5.74) is 1.54. The molecule has 2 aromatic rings. The zero-order chi connectivity index (χ0) is 15.6. The Morgan fingerprint density at radius 2 is 2.10 bits per heavy atom. The topological polar surface area (TPSA) is 73.1 Å². The van der Waals surface area contributed by atoms with Gasteiger partial charge in [0.15, 0.2) is 5.65 Å². The van der Waals surface area contributed by atoms with Gasteiger partial charge in [0, 0.05) is 6.54 Å². The van der Waals surface area contributed by atoms with Crippen LogP contribution in [-0.2, 0) is 11.3 Å². The van der Waals surface area contributed by atoms with Gasteiger partial charge in [0.1, 0.15) is 5.03 Å². The average Bonchev–Trinajstić information content (AvgIpc) is 2.79. The molecule has 0 unspecified atom stereocenters. The molecule has 0 radical (unpaired) electrons. The number of aromatic nitrogens is 4. The van der Waals surface area contributed by atoms with E-state index >= 15 is 0 Å². The minimum atomic E-state index is -0.537. The molecule has 2 heterocycles. The summed E-state index contributed by atoms with van der Waals surface area (Å²) >= 11 is 1.47. The fourth-order valence-electron chi connectivity index (χ4n) is 1.99. The van der Waals surface area contributed by atoms with E-state index in [9.17, 15) is 4.79 Å². The molecule has 0 N–H and O–H groups in total. The third-order valence-electron chi connectivity index (χ3n) is 3.05. The Morgan fingerprint density at radius 1 is 1.38 bits per heavy atom. The van der Waals surface area contributed by atoms with Crippen LogP contribution in [0, 0.1) is 6.92 Å². The number of hydrogen-bond acceptors (Lipinski definition) is 7. The summed E-state index contributed by atoms with van der Waals surface area (Å²) < 4.78 is 6.54. The normalized spacial score (nSPS) is 11.3. The van der Waals surface area contributed by atoms with E-state index in [-0.39, 0.29) is 5.82 Å². The molecule has 21 heavy (non-hydrogen) atoms. The van der Waals surface area contributed by atoms with Gasteiger partial charge >= 0.3 is 5.97 Å². The number of fused-ring (bicyclic) bond motifs is 1. The molecule has 0 aliphatic rings. The molecule has 114 valence electrons. The standard InChI is InChI=1S/C13H19N5O2S/c1-8-9-11(18(16-8)7-6-17(2)3)14-10(13(19)20-4)15-12(9)21-5/h6-7H2,1-5H3. The quantitative estimate of drug-likeness (QED) is 0.467. The van der Waals surface area contributed by atoms with Crippen LogP contribution in [0.3, 0.4) is 0 Å². The van der Waals surface area contributed by atoms with Gasteiger partial charge in [0.25, 0.3) is 0 Å². The number of hydrogen-bond donors (Lipinski definition) is 0. The van der Waals surface area contributed by atoms with Gasteiger partial charge in [-0.1, -0.05) is 0 Å². The highest BCUT2D eigenvalue weighted by atomic mass is 32.2. The number of carbonyl (C=O) groups excluding carboxylic acids is 1. The number of aryl methyl sites for hydroxylation is 1. The van der Waals surface area contributed by atoms with E-state index in [4.69, 9.17) is 4.74 Å². The second kappa shape index (κ2) is 6.40. The molecule has 0 aliphatic heterocycles. The Morgan fingerprint density at radius 3 is 2.67 bits per heavy atom. The van der Waals surface area contributed by atoms with Gasteiger partial charge in [-0.2, -0.15) is 5.10 Å². The predicted molar refractivity (Wildman–Crippen MR) is 81.7 cm³/mol. The van der Waals surface area contributed by atoms with Crippen LogP contribution >= 0.6 is 11.8 Å². The zero-order valence-corrected chi connectivity index (χ0v) is 13.7. The van der Waals surface area contributed by atoms with Crippen LogP contribution in [0.25, 0.3) is 11.0 Å². The molecule has 0 fully saturated rings. The van der Waals surface area contributed by atoms with Crippen LogP contribution < -0.4 is 0 Å². The van der Waals surface area contributed by atoms with E-state index in [1.54, 1.807) is 0 Å². The van der Waals surface area contributed by atoms with Crippen LogP contribution in [-0.4, -0.2) is 64.6 Å². The maximum atomic E-state index is 11.7. The number of esters is 1. The van der Waals surface area contributed by atoms with Crippen molar-refractivity contribution in [3.63, 3.8) is 0 Å². The fraction of sp³-hybridized carbons (Fsp3) is 0.538. The monoisotopic (exact) mass is 309 g/mol. The maximum Gasteiger partial charge on any atom is 0.376 e. The van der Waals surface area contributed by atoms with Crippen molar-refractivity contribution in [2.24, 2.45) is 0 Å². The summed E-state index contributed by atoms with van der Waals surface area (Å²) in [6.45, 7) is 3.46. The third kappa shape index (κ3) is 3.16. The van der Waals surface area contributed by atoms with Crippen molar-refractivity contribution in [1.29, 1.82) is 0 Å². The summed E-state index contributed by atoms with van der Waals surface area (Å²) in [6.07, 6.45) is 1.92. The molecule has 2 rings (SSSR count). The number of carbonyl (C=O) groups is 1. The van der Waals surface area contributed by atoms with E-state index in [2.05, 4.69) is 20.0 Å². The first-order chi connectivity index (χ1) is 9.97. The average molecular weight is 309 g/mol. The number of likely N-dealkylation sites (N-methyl/N-ethyl adjacent to an activating group) is 1. The van der Waals surface area contributed by atoms with Gasteiger partial charge in [0.05, 0.1) is 24.7 Å². The second-order valence-corrected chi connectivity index (χ2v) is 5.65. The Kier molecular flexibility index (Phi) is 4.79. The lowest BCUT2D eigenvalue weighted by Crippen LogP contribution is -2.19. The van der Waals surface area contributed by atoms with Crippen LogP contribution in [0.15, 0.2) is 5.03 Å². The van der Waals surface area contributed by atoms with E-state index in [1.807, 2.05) is 32.0 Å². The van der Waals surface area contributed by atoms with Crippen LogP contribution in [0.2, 0.25) is 0 Å². The van der Waals surface area contributed by atoms with Crippen LogP contribution in [0.5, 0.6) is 0 Å². The number of ether oxygens (including phenoxy) is 1. The number of rotatable bonds is 5. The first-order valence-corrected chi connectivity index (χ1v) is 7.72. The van der Waals surface area contributed by atoms with Crippen LogP contribution in [0.1, 0.15) is 16.3 Å². The Bertz CT molecular complexity index is 668. The molecule has 2 aromatic heterocycles. The summed E-state index contributed by atoms with van der Waals surface area (Å²) in [7, 11) is 5.32. The van der Waals surface area contributed by atoms with Crippen LogP contribution in [0.4, 0.5) is 0 Å². The molecule has 0 aromatic carbocycles. The lowest BCUT2D eigenvalue weighted by molar-refractivity contribution is 0.0586. The fourth-order valence-corrected chi connectivity index (χ4v) is 2.61. The summed E-state index contributed by atoms with van der Waals surface area (Å²) in [5, 5.41) is 6.16. The summed E-state index contributed by atoms with van der Waals surface area (Å²) in [6, 6.07) is 0. The molecule has 0 bridgehead atoms.